The molecule has 0 bridgehead atoms. The Balaban J connectivity index is 0. The van der Waals surface area contributed by atoms with Crippen LogP contribution >= 0.6 is 0 Å². The molecule has 0 unspecified atom stereocenters. The van der Waals surface area contributed by atoms with E-state index in [0.717, 1.165) is 0 Å². The van der Waals surface area contributed by atoms with E-state index in [-0.39, 0.29) is 338 Å². The van der Waals surface area contributed by atoms with Gasteiger partial charge >= 0.3 is 126 Å². The van der Waals surface area contributed by atoms with Crippen molar-refractivity contribution in [3.05, 3.63) is 0 Å². The maximum Gasteiger partial charge on any atom is 2.00 e. The number of rotatable bonds is 0. The van der Waals surface area contributed by atoms with Gasteiger partial charge in [0.15, 0.2) is 0 Å². The van der Waals surface area contributed by atoms with Gasteiger partial charge < -0.3 is 190 Å². The van der Waals surface area contributed by atoms with E-state index in [1.54, 1.807) is 0 Å². The Hall–Kier alpha value is 3.46. The smallest absolute Gasteiger partial charge is 2.00 e. The number of quaternary nitrogens is 6. The van der Waals surface area contributed by atoms with Crippen LogP contribution in [0.1, 0.15) is 0 Å². The third-order valence-electron chi connectivity index (χ3n) is 0. The van der Waals surface area contributed by atoms with Crippen molar-refractivity contribution in [3.63, 3.8) is 0 Å². The van der Waals surface area contributed by atoms with E-state index >= 15 is 0 Å². The zero-order valence-electron chi connectivity index (χ0n) is 22.0. The second-order valence-corrected chi connectivity index (χ2v) is 0. The summed E-state index contributed by atoms with van der Waals surface area (Å²) in [6.07, 6.45) is 0. The molecule has 62 N–H and O–H groups in total. The van der Waals surface area contributed by atoms with Crippen LogP contribution in [0.15, 0.2) is 0 Å². The first-order valence-corrected chi connectivity index (χ1v) is 0. The van der Waals surface area contributed by atoms with Crippen molar-refractivity contribution in [1.82, 2.24) is 36.9 Å². The summed E-state index contributed by atoms with van der Waals surface area (Å²) < 4.78 is 0. The molecule has 0 aliphatic heterocycles. The second kappa shape index (κ2) is 6550. The molecule has 0 aromatic carbocycles. The molecule has 0 radical (unpaired) electrons. The summed E-state index contributed by atoms with van der Waals surface area (Å²) in [5, 5.41) is 0. The molecule has 0 saturated heterocycles. The number of hydrogen-bond acceptors (Lipinski definition) is 4. The molecular formula is H62Mo7N6O28. The average molecular weight is 1270 g/mol. The first-order chi connectivity index (χ1) is 0. The van der Waals surface area contributed by atoms with E-state index < -0.39 is 0 Å². The van der Waals surface area contributed by atoms with Gasteiger partial charge in [-0.1, -0.05) is 0 Å². The number of hydrogen-bond donors (Lipinski definition) is 6. The standard InChI is InChI=1S/7Mo.6H3N.21H2O.7O/h;;;;;;;6*1H3;21*1H2;;;;;;;/q;6*+2;;;;;;;;;;;;;;;;;;;;;;;;;;;;7*-2/p+2. The first kappa shape index (κ1) is 7020. The molecule has 0 aromatic rings. The normalized spacial score (nSPS) is 0. The van der Waals surface area contributed by atoms with Gasteiger partial charge in [-0.25, -0.2) is 0 Å². The predicted octanol–water partition coefficient (Wildman–Crippen LogP) is -13.3. The summed E-state index contributed by atoms with van der Waals surface area (Å²) >= 11 is 0. The minimum Gasteiger partial charge on any atom is -2.00 e. The van der Waals surface area contributed by atoms with Gasteiger partial charge in [-0.15, -0.1) is 0 Å². The van der Waals surface area contributed by atoms with Crippen molar-refractivity contribution in [1.29, 1.82) is 0 Å². The summed E-state index contributed by atoms with van der Waals surface area (Å²) in [5.74, 6) is 0. The zero-order chi connectivity index (χ0) is 0. The van der Waals surface area contributed by atoms with E-state index in [1.165, 1.54) is 0 Å². The van der Waals surface area contributed by atoms with Crippen LogP contribution < -0.4 is 36.9 Å². The minimum atomic E-state index is 0. The SMILES string of the molecule is O.O.O.O.O.O.O.O.O.O.O.O.O.O.O.O.O.[Mo+2].[Mo+2].[Mo+2].[Mo+2].[Mo+2].[Mo+2].[Mo].[NH4+].[NH4+].[NH4+].[NH4+].[NH4+].[NH4+].[O-2].[O-2].[O-2].[O-2].[O-2].[O-2].[O-2].[OH-].[OH-].[OH-].[OH-]. The molecule has 0 fully saturated rings. The molecule has 0 aliphatic carbocycles. The van der Waals surface area contributed by atoms with Gasteiger partial charge in [-0.2, -0.15) is 0 Å². The van der Waals surface area contributed by atoms with Gasteiger partial charge in [0, 0.05) is 21.1 Å². The van der Waals surface area contributed by atoms with Gasteiger partial charge in [0.25, 0.3) is 0 Å². The van der Waals surface area contributed by atoms with E-state index in [9.17, 15) is 0 Å². The van der Waals surface area contributed by atoms with Gasteiger partial charge in [-0.3, -0.25) is 0 Å². The topological polar surface area (TPSA) is 1070 Å². The molecule has 302 valence electrons. The van der Waals surface area contributed by atoms with Crippen LogP contribution in [-0.4, -0.2) is 115 Å². The van der Waals surface area contributed by atoms with Crippen LogP contribution in [0.3, 0.4) is 0 Å². The average Bonchev–Trinajstić information content (AvgIpc) is 0. The molecular weight excluding hydrogens is 1200 g/mol. The Labute approximate surface area is 334 Å². The monoisotopic (exact) mass is 1280 g/mol. The Morgan fingerprint density at radius 3 is 0.146 bits per heavy atom. The molecule has 0 amide bonds. The molecule has 0 atom stereocenters. The summed E-state index contributed by atoms with van der Waals surface area (Å²) in [6, 6.07) is 0. The van der Waals surface area contributed by atoms with Gasteiger partial charge in [-0.05, 0) is 0 Å². The van der Waals surface area contributed by atoms with Crippen molar-refractivity contribution >= 4 is 0 Å². The Bertz CT molecular complexity index is 49.9. The molecule has 41 heavy (non-hydrogen) atoms. The third kappa shape index (κ3) is 6250. The Kier molecular flexibility index (Phi) is 1120000. The van der Waals surface area contributed by atoms with Gasteiger partial charge in [0.2, 0.25) is 0 Å². The van der Waals surface area contributed by atoms with E-state index in [4.69, 9.17) is 0 Å². The largest absolute Gasteiger partial charge is 2.00 e. The summed E-state index contributed by atoms with van der Waals surface area (Å²) in [4.78, 5) is 0. The third-order valence-corrected chi connectivity index (χ3v) is 0. The van der Waals surface area contributed by atoms with Crippen LogP contribution in [0.2, 0.25) is 0 Å². The Morgan fingerprint density at radius 2 is 0.146 bits per heavy atom. The van der Waals surface area contributed by atoms with Crippen molar-refractivity contribution in [2.45, 2.75) is 0 Å². The summed E-state index contributed by atoms with van der Waals surface area (Å²) in [5.41, 5.74) is 0. The molecule has 41 heteroatoms. The zero-order valence-corrected chi connectivity index (χ0v) is 36.1. The summed E-state index contributed by atoms with van der Waals surface area (Å²) in [6.45, 7) is 0. The summed E-state index contributed by atoms with van der Waals surface area (Å²) in [7, 11) is 0. The molecule has 0 spiro atoms. The fourth-order valence-corrected chi connectivity index (χ4v) is 0. The Morgan fingerprint density at radius 1 is 0.146 bits per heavy atom. The quantitative estimate of drug-likeness (QED) is 0.129. The molecule has 34 nitrogen and oxygen atoms in total. The first-order valence-electron chi connectivity index (χ1n) is 0. The maximum absolute atomic E-state index is 0. The van der Waals surface area contributed by atoms with E-state index in [2.05, 4.69) is 0 Å². The molecule has 0 aliphatic rings. The van der Waals surface area contributed by atoms with Crippen LogP contribution in [-0.2, 0) is 186 Å². The minimum absolute atomic E-state index is 0. The predicted molar refractivity (Wildman–Crippen MR) is 110 cm³/mol. The van der Waals surface area contributed by atoms with E-state index in [0.29, 0.717) is 0 Å². The van der Waals surface area contributed by atoms with Crippen molar-refractivity contribution < 1.29 is 301 Å². The second-order valence-electron chi connectivity index (χ2n) is 0. The van der Waals surface area contributed by atoms with Crippen LogP contribution in [0.25, 0.3) is 0 Å². The van der Waals surface area contributed by atoms with Gasteiger partial charge in [0.05, 0.1) is 0 Å². The van der Waals surface area contributed by atoms with Crippen molar-refractivity contribution in [3.8, 4) is 0 Å². The van der Waals surface area contributed by atoms with Gasteiger partial charge in [0.1, 0.15) is 0 Å². The van der Waals surface area contributed by atoms with E-state index in [1.807, 2.05) is 0 Å². The molecule has 0 rings (SSSR count). The molecule has 0 heterocycles. The molecule has 0 aromatic heterocycles. The molecule has 0 saturated carbocycles. The fraction of sp³-hybridized carbons (Fsp3) is 0. The fourth-order valence-electron chi connectivity index (χ4n) is 0. The van der Waals surface area contributed by atoms with Crippen molar-refractivity contribution in [2.24, 2.45) is 0 Å². The van der Waals surface area contributed by atoms with Crippen LogP contribution in [0.5, 0.6) is 0 Å². The van der Waals surface area contributed by atoms with Crippen LogP contribution in [0.4, 0.5) is 0 Å². The maximum atomic E-state index is 0. The van der Waals surface area contributed by atoms with Crippen molar-refractivity contribution in [2.75, 3.05) is 0 Å². The van der Waals surface area contributed by atoms with Crippen LogP contribution in [0, 0.1) is 0 Å².